The lowest BCUT2D eigenvalue weighted by molar-refractivity contribution is 0.259. The SMILES string of the molecule is CC(C)(C)CCCCCCCCCCO.CCCCCCCCC(C)(C)C.CCCCCCCCC(CCCCCCCC)CC(C)(C)C.CCCCCCCCCC(C)(C)C.CCCCCCCCCCC(C)(C)C.CCCCCCCCCCCC(C)(C)C.CCCCCCCCCCCCC(C)(C)C. The molecule has 1 nitrogen and oxygen atoms in total. The van der Waals surface area contributed by atoms with Crippen molar-refractivity contribution in [1.29, 1.82) is 0 Å². The second-order valence-corrected chi connectivity index (χ2v) is 43.5. The van der Waals surface area contributed by atoms with Gasteiger partial charge in [-0.05, 0) is 95.2 Å². The smallest absolute Gasteiger partial charge is 0.0431 e. The van der Waals surface area contributed by atoms with E-state index in [0.717, 1.165) is 12.3 Å². The zero-order valence-electron chi connectivity index (χ0n) is 82.0. The molecule has 0 rings (SSSR count). The first-order valence-corrected chi connectivity index (χ1v) is 50.0. The van der Waals surface area contributed by atoms with Crippen molar-refractivity contribution in [2.24, 2.45) is 43.8 Å². The zero-order chi connectivity index (χ0) is 82.6. The standard InChI is InChI=1S/C22H46.C16H34.C15H32.C14H30O.C14H30.C13H28.C12H26/c1-6-8-10-12-14-16-18-21(20-22(3,4)5)19-17-15-13-11-9-7-2;1-5-6-7-8-9-10-11-12-13-14-15-16(2,3)4;1-5-6-7-8-9-10-11-12-13-14-15(2,3)4;1-14(2,3)12-10-8-6-4-5-7-9-11-13-15;1-5-6-7-8-9-10-11-12-13-14(2,3)4;1-5-6-7-8-9-10-11-12-13(2,3)4;1-5-6-7-8-9-10-11-12(2,3)4/h21H,6-20H2,1-5H3;5-15H2,1-4H3;5-14H2,1-4H3;15H,4-13H2,1-3H3;5-13H2,1-4H3;5-12H2,1-4H3;5-11H2,1-4H3. The van der Waals surface area contributed by atoms with Crippen molar-refractivity contribution in [2.45, 2.75) is 637 Å². The van der Waals surface area contributed by atoms with E-state index >= 15 is 0 Å². The molecule has 107 heavy (non-hydrogen) atoms. The normalized spacial score (nSPS) is 12.1. The van der Waals surface area contributed by atoms with Gasteiger partial charge in [0, 0.05) is 6.61 Å². The van der Waals surface area contributed by atoms with Crippen LogP contribution in [0.4, 0.5) is 0 Å². The lowest BCUT2D eigenvalue weighted by Crippen LogP contribution is -2.13. The van der Waals surface area contributed by atoms with E-state index in [1.807, 2.05) is 0 Å². The highest BCUT2D eigenvalue weighted by atomic mass is 16.3. The Morgan fingerprint density at radius 2 is 0.271 bits per heavy atom. The summed E-state index contributed by atoms with van der Waals surface area (Å²) in [5.74, 6) is 0.984. The molecule has 0 bridgehead atoms. The quantitative estimate of drug-likeness (QED) is 0.0602. The fourth-order valence-corrected chi connectivity index (χ4v) is 14.4. The molecule has 0 aliphatic heterocycles. The Morgan fingerprint density at radius 1 is 0.150 bits per heavy atom. The van der Waals surface area contributed by atoms with Crippen LogP contribution in [-0.4, -0.2) is 11.7 Å². The van der Waals surface area contributed by atoms with Gasteiger partial charge in [0.2, 0.25) is 0 Å². The summed E-state index contributed by atoms with van der Waals surface area (Å²) < 4.78 is 0. The Bertz CT molecular complexity index is 1470. The number of aliphatic hydroxyl groups is 1. The summed E-state index contributed by atoms with van der Waals surface area (Å²) in [6.45, 7) is 65.7. The minimum absolute atomic E-state index is 0.367. The molecule has 656 valence electrons. The summed E-state index contributed by atoms with van der Waals surface area (Å²) >= 11 is 0. The van der Waals surface area contributed by atoms with Gasteiger partial charge in [-0.25, -0.2) is 0 Å². The van der Waals surface area contributed by atoms with Crippen LogP contribution in [0, 0.1) is 43.8 Å². The third-order valence-electron chi connectivity index (χ3n) is 21.6. The lowest BCUT2D eigenvalue weighted by atomic mass is 9.80. The van der Waals surface area contributed by atoms with Crippen LogP contribution in [0.2, 0.25) is 0 Å². The molecule has 0 aliphatic rings. The average molecular weight is 1520 g/mol. The zero-order valence-corrected chi connectivity index (χ0v) is 82.0. The van der Waals surface area contributed by atoms with E-state index in [2.05, 4.69) is 194 Å². The van der Waals surface area contributed by atoms with E-state index in [0.29, 0.717) is 44.5 Å². The summed E-state index contributed by atoms with van der Waals surface area (Å²) in [6, 6.07) is 0. The molecule has 0 aromatic rings. The molecular weight excluding hydrogens is 1290 g/mol. The molecule has 0 aromatic heterocycles. The Kier molecular flexibility index (Phi) is 99.2. The summed E-state index contributed by atoms with van der Waals surface area (Å²) in [4.78, 5) is 0. The molecule has 0 atom stereocenters. The Hall–Kier alpha value is -0.0400. The van der Waals surface area contributed by atoms with Gasteiger partial charge in [0.25, 0.3) is 0 Å². The van der Waals surface area contributed by atoms with Crippen LogP contribution < -0.4 is 0 Å². The summed E-state index contributed by atoms with van der Waals surface area (Å²) in [6.07, 6.45) is 98.0. The van der Waals surface area contributed by atoms with Gasteiger partial charge in [0.15, 0.2) is 0 Å². The summed E-state index contributed by atoms with van der Waals surface area (Å²) in [5, 5.41) is 8.62. The predicted octanol–water partition coefficient (Wildman–Crippen LogP) is 40.9. The van der Waals surface area contributed by atoms with E-state index in [4.69, 9.17) is 5.11 Å². The highest BCUT2D eigenvalue weighted by Gasteiger charge is 2.19. The third-order valence-corrected chi connectivity index (χ3v) is 21.6. The van der Waals surface area contributed by atoms with Gasteiger partial charge < -0.3 is 5.11 Å². The van der Waals surface area contributed by atoms with Gasteiger partial charge in [-0.1, -0.05) is 586 Å². The highest BCUT2D eigenvalue weighted by Crippen LogP contribution is 2.33. The minimum atomic E-state index is 0.367. The molecule has 0 heterocycles. The first-order chi connectivity index (χ1) is 50.4. The van der Waals surface area contributed by atoms with Crippen molar-refractivity contribution in [3.63, 3.8) is 0 Å². The fourth-order valence-electron chi connectivity index (χ4n) is 14.4. The van der Waals surface area contributed by atoms with Crippen LogP contribution >= 0.6 is 0 Å². The van der Waals surface area contributed by atoms with Crippen LogP contribution in [0.1, 0.15) is 637 Å². The van der Waals surface area contributed by atoms with Gasteiger partial charge in [-0.2, -0.15) is 0 Å². The van der Waals surface area contributed by atoms with Gasteiger partial charge in [-0.15, -0.1) is 0 Å². The summed E-state index contributed by atoms with van der Waals surface area (Å²) in [7, 11) is 0. The van der Waals surface area contributed by atoms with Gasteiger partial charge in [-0.3, -0.25) is 0 Å². The van der Waals surface area contributed by atoms with E-state index in [1.54, 1.807) is 0 Å². The van der Waals surface area contributed by atoms with Crippen molar-refractivity contribution < 1.29 is 5.11 Å². The molecule has 0 aromatic carbocycles. The first kappa shape index (κ1) is 120. The molecule has 0 amide bonds. The molecule has 1 N–H and O–H groups in total. The number of aliphatic hydroxyl groups excluding tert-OH is 1. The van der Waals surface area contributed by atoms with Gasteiger partial charge in [0.1, 0.15) is 0 Å². The molecule has 0 radical (unpaired) electrons. The van der Waals surface area contributed by atoms with Gasteiger partial charge in [0.05, 0.1) is 0 Å². The molecule has 0 unspecified atom stereocenters. The maximum absolute atomic E-state index is 8.62. The number of rotatable bonds is 64. The Labute approximate surface area is 688 Å². The van der Waals surface area contributed by atoms with Crippen molar-refractivity contribution in [3.8, 4) is 0 Å². The largest absolute Gasteiger partial charge is 0.396 e. The lowest BCUT2D eigenvalue weighted by Gasteiger charge is -2.26. The van der Waals surface area contributed by atoms with Crippen LogP contribution in [0.3, 0.4) is 0 Å². The van der Waals surface area contributed by atoms with Crippen molar-refractivity contribution in [2.75, 3.05) is 6.61 Å². The molecular formula is C106H226O. The monoisotopic (exact) mass is 1520 g/mol. The second-order valence-electron chi connectivity index (χ2n) is 43.5. The van der Waals surface area contributed by atoms with Crippen LogP contribution in [0.15, 0.2) is 0 Å². The maximum atomic E-state index is 8.62. The number of unbranched alkanes of at least 4 members (excludes halogenated alkanes) is 52. The molecule has 0 saturated heterocycles. The second kappa shape index (κ2) is 88.3. The predicted molar refractivity (Wildman–Crippen MR) is 505 cm³/mol. The molecule has 0 saturated carbocycles. The third kappa shape index (κ3) is 148. The molecule has 0 spiro atoms. The van der Waals surface area contributed by atoms with Gasteiger partial charge >= 0.3 is 0 Å². The fraction of sp³-hybridized carbons (Fsp3) is 1.00. The maximum Gasteiger partial charge on any atom is 0.0431 e. The Morgan fingerprint density at radius 3 is 0.393 bits per heavy atom. The van der Waals surface area contributed by atoms with Crippen LogP contribution in [0.5, 0.6) is 0 Å². The van der Waals surface area contributed by atoms with Crippen LogP contribution in [-0.2, 0) is 0 Å². The van der Waals surface area contributed by atoms with Crippen LogP contribution in [0.25, 0.3) is 0 Å². The molecule has 1 heteroatoms. The number of hydrogen-bond donors (Lipinski definition) is 1. The first-order valence-electron chi connectivity index (χ1n) is 50.0. The molecule has 0 fully saturated rings. The van der Waals surface area contributed by atoms with E-state index in [1.165, 1.54) is 437 Å². The van der Waals surface area contributed by atoms with E-state index in [9.17, 15) is 0 Å². The van der Waals surface area contributed by atoms with Crippen molar-refractivity contribution in [3.05, 3.63) is 0 Å². The Balaban J connectivity index is -0.000000220. The summed E-state index contributed by atoms with van der Waals surface area (Å²) in [5.41, 5.74) is 3.74. The highest BCUT2D eigenvalue weighted by molar-refractivity contribution is 4.71. The van der Waals surface area contributed by atoms with Crippen molar-refractivity contribution in [1.82, 2.24) is 0 Å². The van der Waals surface area contributed by atoms with Crippen molar-refractivity contribution >= 4 is 0 Å². The van der Waals surface area contributed by atoms with E-state index < -0.39 is 0 Å². The van der Waals surface area contributed by atoms with E-state index in [-0.39, 0.29) is 0 Å². The minimum Gasteiger partial charge on any atom is -0.396 e. The topological polar surface area (TPSA) is 20.2 Å². The molecule has 0 aliphatic carbocycles. The average Bonchev–Trinajstić information content (AvgIpc) is 0.928. The number of hydrogen-bond acceptors (Lipinski definition) is 1.